The first-order valence-electron chi connectivity index (χ1n) is 6.58. The van der Waals surface area contributed by atoms with Crippen LogP contribution in [0.4, 0.5) is 0 Å². The smallest absolute Gasteiger partial charge is 0.122 e. The molecule has 1 unspecified atom stereocenters. The van der Waals surface area contributed by atoms with Crippen molar-refractivity contribution in [3.8, 4) is 5.75 Å². The van der Waals surface area contributed by atoms with E-state index in [0.29, 0.717) is 5.92 Å². The lowest BCUT2D eigenvalue weighted by molar-refractivity contribution is 0.403. The molecule has 0 saturated heterocycles. The molecule has 0 fully saturated rings. The standard InChI is InChI=1S/C17H18O.ClH/c1-18-17-9-5-8-14-10-11-15(12-16(14)17)13-6-3-2-4-7-13;/h2-9,15H,10-12H2,1H3;1H. The predicted octanol–water partition coefficient (Wildman–Crippen LogP) is 4.39. The zero-order chi connectivity index (χ0) is 12.4. The first kappa shape index (κ1) is 14.0. The first-order valence-corrected chi connectivity index (χ1v) is 6.58. The van der Waals surface area contributed by atoms with E-state index in [0.717, 1.165) is 18.6 Å². The fourth-order valence-corrected chi connectivity index (χ4v) is 2.96. The summed E-state index contributed by atoms with van der Waals surface area (Å²) >= 11 is 0. The maximum atomic E-state index is 5.50. The molecule has 0 amide bonds. The highest BCUT2D eigenvalue weighted by Gasteiger charge is 2.22. The van der Waals surface area contributed by atoms with Gasteiger partial charge in [0.25, 0.3) is 0 Å². The molecule has 0 saturated carbocycles. The lowest BCUT2D eigenvalue weighted by Crippen LogP contribution is -2.13. The Balaban J connectivity index is 0.00000133. The molecule has 100 valence electrons. The minimum atomic E-state index is 0. The summed E-state index contributed by atoms with van der Waals surface area (Å²) in [6.07, 6.45) is 3.50. The van der Waals surface area contributed by atoms with Crippen LogP contribution in [0.3, 0.4) is 0 Å². The Kier molecular flexibility index (Phi) is 4.49. The highest BCUT2D eigenvalue weighted by atomic mass is 35.5. The summed E-state index contributed by atoms with van der Waals surface area (Å²) in [6, 6.07) is 17.2. The van der Waals surface area contributed by atoms with Crippen molar-refractivity contribution >= 4 is 12.4 Å². The van der Waals surface area contributed by atoms with Gasteiger partial charge in [-0.1, -0.05) is 42.5 Å². The van der Waals surface area contributed by atoms with Crippen LogP contribution in [0, 0.1) is 0 Å². The molecule has 1 nitrogen and oxygen atoms in total. The number of aryl methyl sites for hydroxylation is 1. The maximum Gasteiger partial charge on any atom is 0.122 e. The van der Waals surface area contributed by atoms with Crippen molar-refractivity contribution in [1.82, 2.24) is 0 Å². The highest BCUT2D eigenvalue weighted by molar-refractivity contribution is 5.85. The van der Waals surface area contributed by atoms with Gasteiger partial charge in [-0.05, 0) is 47.9 Å². The molecule has 0 spiro atoms. The summed E-state index contributed by atoms with van der Waals surface area (Å²) in [5.74, 6) is 1.68. The van der Waals surface area contributed by atoms with E-state index in [1.165, 1.54) is 23.1 Å². The van der Waals surface area contributed by atoms with Crippen LogP contribution in [0.25, 0.3) is 0 Å². The lowest BCUT2D eigenvalue weighted by Gasteiger charge is -2.26. The van der Waals surface area contributed by atoms with Crippen molar-refractivity contribution in [1.29, 1.82) is 0 Å². The van der Waals surface area contributed by atoms with Crippen molar-refractivity contribution in [2.45, 2.75) is 25.2 Å². The molecule has 1 aliphatic carbocycles. The van der Waals surface area contributed by atoms with Gasteiger partial charge in [0.1, 0.15) is 5.75 Å². The van der Waals surface area contributed by atoms with E-state index in [4.69, 9.17) is 4.74 Å². The molecular formula is C17H19ClO. The number of hydrogen-bond donors (Lipinski definition) is 0. The van der Waals surface area contributed by atoms with Gasteiger partial charge in [0, 0.05) is 0 Å². The molecule has 2 aromatic rings. The Morgan fingerprint density at radius 1 is 1.00 bits per heavy atom. The number of halogens is 1. The molecule has 0 radical (unpaired) electrons. The Labute approximate surface area is 121 Å². The van der Waals surface area contributed by atoms with Crippen molar-refractivity contribution < 1.29 is 4.74 Å². The Morgan fingerprint density at radius 3 is 2.53 bits per heavy atom. The minimum Gasteiger partial charge on any atom is -0.496 e. The summed E-state index contributed by atoms with van der Waals surface area (Å²) < 4.78 is 5.50. The second kappa shape index (κ2) is 6.12. The van der Waals surface area contributed by atoms with Crippen LogP contribution in [-0.2, 0) is 12.8 Å². The van der Waals surface area contributed by atoms with Gasteiger partial charge in [-0.15, -0.1) is 12.4 Å². The average Bonchev–Trinajstić information content (AvgIpc) is 2.47. The Hall–Kier alpha value is -1.47. The van der Waals surface area contributed by atoms with Crippen molar-refractivity contribution in [2.24, 2.45) is 0 Å². The van der Waals surface area contributed by atoms with Gasteiger partial charge >= 0.3 is 0 Å². The van der Waals surface area contributed by atoms with Gasteiger partial charge in [0.15, 0.2) is 0 Å². The van der Waals surface area contributed by atoms with E-state index < -0.39 is 0 Å². The molecule has 0 bridgehead atoms. The molecule has 0 heterocycles. The fourth-order valence-electron chi connectivity index (χ4n) is 2.96. The third-order valence-corrected chi connectivity index (χ3v) is 3.93. The zero-order valence-electron chi connectivity index (χ0n) is 11.1. The molecule has 0 aromatic heterocycles. The van der Waals surface area contributed by atoms with Crippen molar-refractivity contribution in [2.75, 3.05) is 7.11 Å². The molecule has 1 aliphatic rings. The quantitative estimate of drug-likeness (QED) is 0.789. The van der Waals surface area contributed by atoms with Crippen LogP contribution in [-0.4, -0.2) is 7.11 Å². The largest absolute Gasteiger partial charge is 0.496 e. The highest BCUT2D eigenvalue weighted by Crippen LogP contribution is 2.36. The minimum absolute atomic E-state index is 0. The Bertz CT molecular complexity index is 522. The summed E-state index contributed by atoms with van der Waals surface area (Å²) in [5.41, 5.74) is 4.32. The average molecular weight is 275 g/mol. The van der Waals surface area contributed by atoms with E-state index >= 15 is 0 Å². The second-order valence-corrected chi connectivity index (χ2v) is 4.95. The number of methoxy groups -OCH3 is 1. The van der Waals surface area contributed by atoms with Crippen LogP contribution in [0.5, 0.6) is 5.75 Å². The number of hydrogen-bond acceptors (Lipinski definition) is 1. The number of ether oxygens (including phenoxy) is 1. The van der Waals surface area contributed by atoms with Gasteiger partial charge in [-0.3, -0.25) is 0 Å². The molecule has 2 aromatic carbocycles. The van der Waals surface area contributed by atoms with Crippen molar-refractivity contribution in [3.05, 3.63) is 65.2 Å². The van der Waals surface area contributed by atoms with Gasteiger partial charge in [-0.2, -0.15) is 0 Å². The summed E-state index contributed by atoms with van der Waals surface area (Å²) in [6.45, 7) is 0. The zero-order valence-corrected chi connectivity index (χ0v) is 12.0. The molecule has 0 aliphatic heterocycles. The molecule has 2 heteroatoms. The van der Waals surface area contributed by atoms with Gasteiger partial charge in [0.2, 0.25) is 0 Å². The maximum absolute atomic E-state index is 5.50. The number of fused-ring (bicyclic) bond motifs is 1. The predicted molar refractivity (Wildman–Crippen MR) is 81.5 cm³/mol. The second-order valence-electron chi connectivity index (χ2n) is 4.95. The van der Waals surface area contributed by atoms with Crippen LogP contribution in [0.15, 0.2) is 48.5 Å². The molecule has 3 rings (SSSR count). The summed E-state index contributed by atoms with van der Waals surface area (Å²) in [4.78, 5) is 0. The molecule has 1 atom stereocenters. The summed E-state index contributed by atoms with van der Waals surface area (Å²) in [7, 11) is 1.77. The van der Waals surface area contributed by atoms with Crippen LogP contribution in [0.2, 0.25) is 0 Å². The lowest BCUT2D eigenvalue weighted by atomic mass is 9.80. The normalized spacial score (nSPS) is 17.2. The monoisotopic (exact) mass is 274 g/mol. The van der Waals surface area contributed by atoms with Gasteiger partial charge in [0.05, 0.1) is 7.11 Å². The van der Waals surface area contributed by atoms with Gasteiger partial charge in [-0.25, -0.2) is 0 Å². The van der Waals surface area contributed by atoms with E-state index in [-0.39, 0.29) is 12.4 Å². The number of benzene rings is 2. The van der Waals surface area contributed by atoms with Crippen LogP contribution >= 0.6 is 12.4 Å². The third-order valence-electron chi connectivity index (χ3n) is 3.93. The third kappa shape index (κ3) is 2.76. The van der Waals surface area contributed by atoms with Crippen LogP contribution in [0.1, 0.15) is 29.0 Å². The van der Waals surface area contributed by atoms with E-state index in [2.05, 4.69) is 48.5 Å². The molecule has 19 heavy (non-hydrogen) atoms. The fraction of sp³-hybridized carbons (Fsp3) is 0.294. The SMILES string of the molecule is COc1cccc2c1CC(c1ccccc1)CC2.Cl. The molecule has 0 N–H and O–H groups in total. The topological polar surface area (TPSA) is 9.23 Å². The van der Waals surface area contributed by atoms with Gasteiger partial charge < -0.3 is 4.74 Å². The Morgan fingerprint density at radius 2 is 1.79 bits per heavy atom. The van der Waals surface area contributed by atoms with E-state index in [1.807, 2.05) is 0 Å². The summed E-state index contributed by atoms with van der Waals surface area (Å²) in [5, 5.41) is 0. The van der Waals surface area contributed by atoms with E-state index in [1.54, 1.807) is 7.11 Å². The number of rotatable bonds is 2. The van der Waals surface area contributed by atoms with E-state index in [9.17, 15) is 0 Å². The molecular weight excluding hydrogens is 256 g/mol. The van der Waals surface area contributed by atoms with Crippen molar-refractivity contribution in [3.63, 3.8) is 0 Å². The van der Waals surface area contributed by atoms with Crippen LogP contribution < -0.4 is 4.74 Å². The first-order chi connectivity index (χ1) is 8.88.